The summed E-state index contributed by atoms with van der Waals surface area (Å²) in [6, 6.07) is 17.8. The van der Waals surface area contributed by atoms with E-state index in [-0.39, 0.29) is 5.91 Å². The van der Waals surface area contributed by atoms with Gasteiger partial charge in [-0.3, -0.25) is 4.79 Å². The lowest BCUT2D eigenvalue weighted by Crippen LogP contribution is -2.21. The smallest absolute Gasteiger partial charge is 0.225 e. The maximum Gasteiger partial charge on any atom is 0.225 e. The predicted octanol–water partition coefficient (Wildman–Crippen LogP) is 3.11. The number of benzene rings is 2. The molecule has 0 aliphatic rings. The summed E-state index contributed by atoms with van der Waals surface area (Å²) in [5.41, 5.74) is 3.39. The number of hydrogen-bond acceptors (Lipinski definition) is 2. The molecule has 0 saturated heterocycles. The molecule has 20 heavy (non-hydrogen) atoms. The molecular formula is C17H20N2O. The zero-order valence-electron chi connectivity index (χ0n) is 11.7. The Hall–Kier alpha value is -2.13. The topological polar surface area (TPSA) is 41.1 Å². The lowest BCUT2D eigenvalue weighted by Gasteiger charge is -2.08. The Bertz CT molecular complexity index is 552. The number of para-hydroxylation sites is 1. The van der Waals surface area contributed by atoms with Crippen molar-refractivity contribution in [3.63, 3.8) is 0 Å². The first-order valence-corrected chi connectivity index (χ1v) is 6.86. The summed E-state index contributed by atoms with van der Waals surface area (Å²) in [6.45, 7) is 3.57. The standard InChI is InChI=1S/C17H20N2O/c1-14-7-5-6-8-15(14)13-18-12-11-17(20)19-16-9-3-2-4-10-16/h2-10,18H,11-13H2,1H3,(H,19,20). The highest BCUT2D eigenvalue weighted by Crippen LogP contribution is 2.07. The largest absolute Gasteiger partial charge is 0.326 e. The molecule has 0 radical (unpaired) electrons. The van der Waals surface area contributed by atoms with E-state index >= 15 is 0 Å². The molecule has 2 rings (SSSR count). The van der Waals surface area contributed by atoms with Crippen LogP contribution in [0.5, 0.6) is 0 Å². The van der Waals surface area contributed by atoms with Gasteiger partial charge in [-0.15, -0.1) is 0 Å². The number of hydrogen-bond donors (Lipinski definition) is 2. The van der Waals surface area contributed by atoms with Gasteiger partial charge in [0, 0.05) is 25.2 Å². The van der Waals surface area contributed by atoms with E-state index in [1.165, 1.54) is 11.1 Å². The Morgan fingerprint density at radius 2 is 1.70 bits per heavy atom. The zero-order valence-corrected chi connectivity index (χ0v) is 11.7. The second-order valence-electron chi connectivity index (χ2n) is 4.77. The molecule has 0 aromatic heterocycles. The molecule has 0 spiro atoms. The highest BCUT2D eigenvalue weighted by atomic mass is 16.1. The molecular weight excluding hydrogens is 248 g/mol. The molecule has 104 valence electrons. The maximum absolute atomic E-state index is 11.7. The first-order valence-electron chi connectivity index (χ1n) is 6.86. The summed E-state index contributed by atoms with van der Waals surface area (Å²) in [4.78, 5) is 11.7. The first kappa shape index (κ1) is 14.3. The molecule has 0 aliphatic heterocycles. The van der Waals surface area contributed by atoms with Crippen molar-refractivity contribution in [3.8, 4) is 0 Å². The van der Waals surface area contributed by atoms with Crippen LogP contribution in [0.1, 0.15) is 17.5 Å². The number of amides is 1. The fraction of sp³-hybridized carbons (Fsp3) is 0.235. The second-order valence-corrected chi connectivity index (χ2v) is 4.77. The average molecular weight is 268 g/mol. The number of nitrogens with one attached hydrogen (secondary N) is 2. The van der Waals surface area contributed by atoms with Gasteiger partial charge in [0.25, 0.3) is 0 Å². The van der Waals surface area contributed by atoms with Crippen molar-refractivity contribution >= 4 is 11.6 Å². The fourth-order valence-electron chi connectivity index (χ4n) is 1.98. The quantitative estimate of drug-likeness (QED) is 0.790. The molecule has 3 heteroatoms. The third-order valence-corrected chi connectivity index (χ3v) is 3.16. The molecule has 0 bridgehead atoms. The van der Waals surface area contributed by atoms with E-state index in [1.54, 1.807) is 0 Å². The van der Waals surface area contributed by atoms with Gasteiger partial charge in [0.1, 0.15) is 0 Å². The van der Waals surface area contributed by atoms with Gasteiger partial charge < -0.3 is 10.6 Å². The summed E-state index contributed by atoms with van der Waals surface area (Å²) < 4.78 is 0. The van der Waals surface area contributed by atoms with E-state index in [9.17, 15) is 4.79 Å². The zero-order chi connectivity index (χ0) is 14.2. The summed E-state index contributed by atoms with van der Waals surface area (Å²) in [6.07, 6.45) is 0.473. The maximum atomic E-state index is 11.7. The lowest BCUT2D eigenvalue weighted by atomic mass is 10.1. The Morgan fingerprint density at radius 3 is 2.45 bits per heavy atom. The van der Waals surface area contributed by atoms with E-state index in [4.69, 9.17) is 0 Å². The van der Waals surface area contributed by atoms with Gasteiger partial charge in [-0.1, -0.05) is 42.5 Å². The van der Waals surface area contributed by atoms with Gasteiger partial charge in [0.2, 0.25) is 5.91 Å². The number of rotatable bonds is 6. The SMILES string of the molecule is Cc1ccccc1CNCCC(=O)Nc1ccccc1. The second kappa shape index (κ2) is 7.46. The summed E-state index contributed by atoms with van der Waals surface area (Å²) in [7, 11) is 0. The molecule has 0 aliphatic carbocycles. The molecule has 0 fully saturated rings. The van der Waals surface area contributed by atoms with Crippen LogP contribution in [0.15, 0.2) is 54.6 Å². The molecule has 2 aromatic carbocycles. The number of anilines is 1. The van der Waals surface area contributed by atoms with Crippen LogP contribution in [0.3, 0.4) is 0 Å². The van der Waals surface area contributed by atoms with Crippen molar-refractivity contribution in [1.82, 2.24) is 5.32 Å². The number of carbonyl (C=O) groups excluding carboxylic acids is 1. The van der Waals surface area contributed by atoms with Crippen molar-refractivity contribution < 1.29 is 4.79 Å². The third kappa shape index (κ3) is 4.52. The minimum Gasteiger partial charge on any atom is -0.326 e. The molecule has 2 aromatic rings. The van der Waals surface area contributed by atoms with Crippen molar-refractivity contribution in [3.05, 3.63) is 65.7 Å². The predicted molar refractivity (Wildman–Crippen MR) is 82.6 cm³/mol. The van der Waals surface area contributed by atoms with Gasteiger partial charge >= 0.3 is 0 Å². The van der Waals surface area contributed by atoms with Gasteiger partial charge in [0.05, 0.1) is 0 Å². The van der Waals surface area contributed by atoms with E-state index in [0.717, 1.165) is 12.2 Å². The molecule has 2 N–H and O–H groups in total. The van der Waals surface area contributed by atoms with Crippen LogP contribution in [0.25, 0.3) is 0 Å². The van der Waals surface area contributed by atoms with E-state index in [2.05, 4.69) is 29.7 Å². The summed E-state index contributed by atoms with van der Waals surface area (Å²) in [5, 5.41) is 6.17. The molecule has 0 unspecified atom stereocenters. The average Bonchev–Trinajstić information content (AvgIpc) is 2.46. The van der Waals surface area contributed by atoms with Crippen LogP contribution < -0.4 is 10.6 Å². The first-order chi connectivity index (χ1) is 9.75. The van der Waals surface area contributed by atoms with Crippen LogP contribution >= 0.6 is 0 Å². The van der Waals surface area contributed by atoms with Crippen LogP contribution in [0, 0.1) is 6.92 Å². The Kier molecular flexibility index (Phi) is 5.33. The van der Waals surface area contributed by atoms with E-state index in [1.807, 2.05) is 42.5 Å². The fourth-order valence-corrected chi connectivity index (χ4v) is 1.98. The van der Waals surface area contributed by atoms with Gasteiger partial charge in [-0.25, -0.2) is 0 Å². The lowest BCUT2D eigenvalue weighted by molar-refractivity contribution is -0.116. The Labute approximate surface area is 120 Å². The molecule has 1 amide bonds. The van der Waals surface area contributed by atoms with Crippen molar-refractivity contribution in [1.29, 1.82) is 0 Å². The number of aryl methyl sites for hydroxylation is 1. The molecule has 0 saturated carbocycles. The van der Waals surface area contributed by atoms with E-state index < -0.39 is 0 Å². The Morgan fingerprint density at radius 1 is 1.00 bits per heavy atom. The van der Waals surface area contributed by atoms with Crippen molar-refractivity contribution in [2.45, 2.75) is 19.9 Å². The molecule has 0 atom stereocenters. The van der Waals surface area contributed by atoms with Crippen LogP contribution in [-0.2, 0) is 11.3 Å². The van der Waals surface area contributed by atoms with Gasteiger partial charge in [-0.05, 0) is 30.2 Å². The summed E-state index contributed by atoms with van der Waals surface area (Å²) >= 11 is 0. The van der Waals surface area contributed by atoms with Crippen LogP contribution in [-0.4, -0.2) is 12.5 Å². The van der Waals surface area contributed by atoms with Gasteiger partial charge in [-0.2, -0.15) is 0 Å². The van der Waals surface area contributed by atoms with Crippen LogP contribution in [0.2, 0.25) is 0 Å². The monoisotopic (exact) mass is 268 g/mol. The van der Waals surface area contributed by atoms with Crippen molar-refractivity contribution in [2.75, 3.05) is 11.9 Å². The molecule has 0 heterocycles. The normalized spacial score (nSPS) is 10.2. The minimum absolute atomic E-state index is 0.0356. The van der Waals surface area contributed by atoms with Crippen LogP contribution in [0.4, 0.5) is 5.69 Å². The number of carbonyl (C=O) groups is 1. The minimum atomic E-state index is 0.0356. The highest BCUT2D eigenvalue weighted by Gasteiger charge is 2.02. The third-order valence-electron chi connectivity index (χ3n) is 3.16. The highest BCUT2D eigenvalue weighted by molar-refractivity contribution is 5.90. The summed E-state index contributed by atoms with van der Waals surface area (Å²) in [5.74, 6) is 0.0356. The van der Waals surface area contributed by atoms with Crippen molar-refractivity contribution in [2.24, 2.45) is 0 Å². The molecule has 3 nitrogen and oxygen atoms in total. The van der Waals surface area contributed by atoms with E-state index in [0.29, 0.717) is 13.0 Å². The Balaban J connectivity index is 1.69. The van der Waals surface area contributed by atoms with Gasteiger partial charge in [0.15, 0.2) is 0 Å².